The van der Waals surface area contributed by atoms with Crippen LogP contribution in [0.3, 0.4) is 0 Å². The first-order valence-corrected chi connectivity index (χ1v) is 13.4. The minimum absolute atomic E-state index is 0.346. The van der Waals surface area contributed by atoms with Gasteiger partial charge in [-0.1, -0.05) is 90.4 Å². The van der Waals surface area contributed by atoms with Crippen LogP contribution in [-0.4, -0.2) is 30.2 Å². The predicted octanol–water partition coefficient (Wildman–Crippen LogP) is 7.89. The van der Waals surface area contributed by atoms with Gasteiger partial charge in [0.1, 0.15) is 6.10 Å². The van der Waals surface area contributed by atoms with Gasteiger partial charge in [-0.25, -0.2) is 4.98 Å². The summed E-state index contributed by atoms with van der Waals surface area (Å²) in [5.41, 5.74) is 1.13. The Morgan fingerprint density at radius 3 is 1.81 bits per heavy atom. The number of nitrogens with zero attached hydrogens (tertiary/aromatic N) is 3. The molecule has 178 valence electrons. The Hall–Kier alpha value is -1.32. The van der Waals surface area contributed by atoms with Crippen molar-refractivity contribution in [2.24, 2.45) is 0 Å². The summed E-state index contributed by atoms with van der Waals surface area (Å²) in [4.78, 5) is 11.3. The number of rotatable bonds is 18. The third kappa shape index (κ3) is 11.8. The molecule has 0 spiro atoms. The van der Waals surface area contributed by atoms with Gasteiger partial charge in [0.25, 0.3) is 0 Å². The molecule has 31 heavy (non-hydrogen) atoms. The fourth-order valence-corrected chi connectivity index (χ4v) is 4.53. The lowest BCUT2D eigenvalue weighted by Crippen LogP contribution is -2.17. The molecule has 0 radical (unpaired) electrons. The van der Waals surface area contributed by atoms with E-state index in [1.807, 2.05) is 19.0 Å². The van der Waals surface area contributed by atoms with Crippen LogP contribution in [0.5, 0.6) is 5.88 Å². The molecule has 0 N–H and O–H groups in total. The largest absolute Gasteiger partial charge is 0.474 e. The fraction of sp³-hybridized carbons (Fsp3) is 0.852. The van der Waals surface area contributed by atoms with Crippen LogP contribution < -0.4 is 9.64 Å². The Labute approximate surface area is 192 Å². The number of anilines is 1. The van der Waals surface area contributed by atoms with Gasteiger partial charge in [0, 0.05) is 25.9 Å². The highest BCUT2D eigenvalue weighted by Gasteiger charge is 2.18. The monoisotopic (exact) mass is 431 g/mol. The summed E-state index contributed by atoms with van der Waals surface area (Å²) in [6.07, 6.45) is 25.8. The van der Waals surface area contributed by atoms with Crippen molar-refractivity contribution in [2.45, 2.75) is 135 Å². The van der Waals surface area contributed by atoms with Gasteiger partial charge < -0.3 is 9.64 Å². The van der Waals surface area contributed by atoms with Gasteiger partial charge in [-0.2, -0.15) is 4.98 Å². The van der Waals surface area contributed by atoms with Crippen molar-refractivity contribution in [1.29, 1.82) is 0 Å². The SMILES string of the molecule is CCCCCCCCCCCCCCCCc1cc(OC2CCCC2)nc(N(C)C)n1. The van der Waals surface area contributed by atoms with Gasteiger partial charge in [-0.15, -0.1) is 0 Å². The molecule has 1 saturated carbocycles. The van der Waals surface area contributed by atoms with Crippen LogP contribution in [0.15, 0.2) is 6.07 Å². The summed E-state index contributed by atoms with van der Waals surface area (Å²) in [6, 6.07) is 2.08. The minimum Gasteiger partial charge on any atom is -0.474 e. The van der Waals surface area contributed by atoms with E-state index in [1.165, 1.54) is 103 Å². The number of hydrogen-bond donors (Lipinski definition) is 0. The lowest BCUT2D eigenvalue weighted by atomic mass is 10.0. The highest BCUT2D eigenvalue weighted by molar-refractivity contribution is 5.32. The standard InChI is InChI=1S/C27H49N3O/c1-4-5-6-7-8-9-10-11-12-13-14-15-16-17-20-24-23-26(29-27(28-24)30(2)3)31-25-21-18-19-22-25/h23,25H,4-22H2,1-3H3. The highest BCUT2D eigenvalue weighted by Crippen LogP contribution is 2.25. The van der Waals surface area contributed by atoms with Crippen LogP contribution in [0.25, 0.3) is 0 Å². The maximum atomic E-state index is 6.15. The Balaban J connectivity index is 1.54. The maximum Gasteiger partial charge on any atom is 0.228 e. The van der Waals surface area contributed by atoms with E-state index in [1.54, 1.807) is 0 Å². The van der Waals surface area contributed by atoms with E-state index < -0.39 is 0 Å². The molecule has 4 nitrogen and oxygen atoms in total. The lowest BCUT2D eigenvalue weighted by Gasteiger charge is -2.16. The molecule has 0 amide bonds. The molecule has 2 rings (SSSR count). The normalized spacial score (nSPS) is 14.3. The topological polar surface area (TPSA) is 38.2 Å². The van der Waals surface area contributed by atoms with Gasteiger partial charge in [0.2, 0.25) is 11.8 Å². The van der Waals surface area contributed by atoms with Crippen molar-refractivity contribution in [3.8, 4) is 5.88 Å². The van der Waals surface area contributed by atoms with Crippen molar-refractivity contribution < 1.29 is 4.74 Å². The maximum absolute atomic E-state index is 6.15. The molecular weight excluding hydrogens is 382 g/mol. The van der Waals surface area contributed by atoms with Gasteiger partial charge in [0.05, 0.1) is 0 Å². The van der Waals surface area contributed by atoms with E-state index in [4.69, 9.17) is 9.72 Å². The van der Waals surface area contributed by atoms with E-state index in [0.717, 1.165) is 36.8 Å². The van der Waals surface area contributed by atoms with E-state index in [-0.39, 0.29) is 0 Å². The van der Waals surface area contributed by atoms with Crippen molar-refractivity contribution in [3.63, 3.8) is 0 Å². The van der Waals surface area contributed by atoms with Crippen LogP contribution in [0.2, 0.25) is 0 Å². The molecule has 1 aromatic rings. The van der Waals surface area contributed by atoms with E-state index in [2.05, 4.69) is 18.0 Å². The molecular formula is C27H49N3O. The molecule has 0 bridgehead atoms. The third-order valence-electron chi connectivity index (χ3n) is 6.52. The molecule has 1 heterocycles. The second-order valence-electron chi connectivity index (χ2n) is 9.76. The van der Waals surface area contributed by atoms with Crippen LogP contribution in [0, 0.1) is 0 Å². The zero-order valence-corrected chi connectivity index (χ0v) is 20.8. The number of aryl methyl sites for hydroxylation is 1. The van der Waals surface area contributed by atoms with Crippen LogP contribution in [-0.2, 0) is 6.42 Å². The van der Waals surface area contributed by atoms with Crippen molar-refractivity contribution >= 4 is 5.95 Å². The molecule has 4 heteroatoms. The first-order valence-electron chi connectivity index (χ1n) is 13.4. The molecule has 0 aliphatic heterocycles. The average molecular weight is 432 g/mol. The van der Waals surface area contributed by atoms with Crippen molar-refractivity contribution in [1.82, 2.24) is 9.97 Å². The van der Waals surface area contributed by atoms with Crippen LogP contribution in [0.4, 0.5) is 5.95 Å². The number of hydrogen-bond acceptors (Lipinski definition) is 4. The smallest absolute Gasteiger partial charge is 0.228 e. The Bertz CT molecular complexity index is 570. The zero-order chi connectivity index (χ0) is 22.2. The first kappa shape index (κ1) is 25.9. The molecule has 1 aliphatic rings. The summed E-state index contributed by atoms with van der Waals surface area (Å²) in [7, 11) is 4.01. The molecule has 1 fully saturated rings. The van der Waals surface area contributed by atoms with Crippen LogP contribution >= 0.6 is 0 Å². The van der Waals surface area contributed by atoms with Gasteiger partial charge in [-0.05, 0) is 38.5 Å². The Kier molecular flexibility index (Phi) is 13.7. The van der Waals surface area contributed by atoms with Crippen molar-refractivity contribution in [2.75, 3.05) is 19.0 Å². The number of ether oxygens (including phenoxy) is 1. The minimum atomic E-state index is 0.346. The summed E-state index contributed by atoms with van der Waals surface area (Å²) in [5, 5.41) is 0. The second-order valence-corrected chi connectivity index (χ2v) is 9.76. The molecule has 1 aromatic heterocycles. The number of unbranched alkanes of at least 4 members (excludes halogenated alkanes) is 13. The molecule has 1 aliphatic carbocycles. The highest BCUT2D eigenvalue weighted by atomic mass is 16.5. The van der Waals surface area contributed by atoms with Gasteiger partial charge >= 0.3 is 0 Å². The fourth-order valence-electron chi connectivity index (χ4n) is 4.53. The predicted molar refractivity (Wildman–Crippen MR) is 133 cm³/mol. The quantitative estimate of drug-likeness (QED) is 0.221. The van der Waals surface area contributed by atoms with Gasteiger partial charge in [0.15, 0.2) is 0 Å². The number of aromatic nitrogens is 2. The lowest BCUT2D eigenvalue weighted by molar-refractivity contribution is 0.201. The summed E-state index contributed by atoms with van der Waals surface area (Å²) < 4.78 is 6.15. The molecule has 0 atom stereocenters. The summed E-state index contributed by atoms with van der Waals surface area (Å²) >= 11 is 0. The Morgan fingerprint density at radius 1 is 0.774 bits per heavy atom. The second kappa shape index (κ2) is 16.3. The van der Waals surface area contributed by atoms with Gasteiger partial charge in [-0.3, -0.25) is 0 Å². The molecule has 0 unspecified atom stereocenters. The van der Waals surface area contributed by atoms with E-state index >= 15 is 0 Å². The summed E-state index contributed by atoms with van der Waals surface area (Å²) in [5.74, 6) is 1.54. The molecule has 0 aromatic carbocycles. The Morgan fingerprint density at radius 2 is 1.29 bits per heavy atom. The summed E-state index contributed by atoms with van der Waals surface area (Å²) in [6.45, 7) is 2.29. The zero-order valence-electron chi connectivity index (χ0n) is 20.8. The van der Waals surface area contributed by atoms with Crippen molar-refractivity contribution in [3.05, 3.63) is 11.8 Å². The molecule has 0 saturated heterocycles. The first-order chi connectivity index (χ1) is 15.2. The van der Waals surface area contributed by atoms with Crippen LogP contribution in [0.1, 0.15) is 128 Å². The van der Waals surface area contributed by atoms with E-state index in [9.17, 15) is 0 Å². The average Bonchev–Trinajstić information content (AvgIpc) is 3.27. The van der Waals surface area contributed by atoms with E-state index in [0.29, 0.717) is 6.10 Å². The third-order valence-corrected chi connectivity index (χ3v) is 6.52.